The fourth-order valence-corrected chi connectivity index (χ4v) is 4.64. The normalized spacial score (nSPS) is 21.1. The van der Waals surface area contributed by atoms with Gasteiger partial charge in [-0.3, -0.25) is 0 Å². The Balaban J connectivity index is 1.60. The van der Waals surface area contributed by atoms with E-state index in [1.165, 1.54) is 75.3 Å². The molecule has 0 aliphatic heterocycles. The van der Waals surface area contributed by atoms with Gasteiger partial charge in [-0.1, -0.05) is 68.9 Å². The summed E-state index contributed by atoms with van der Waals surface area (Å²) in [7, 11) is 0. The van der Waals surface area contributed by atoms with Gasteiger partial charge in [-0.05, 0) is 73.6 Å². The van der Waals surface area contributed by atoms with Crippen LogP contribution in [0, 0.1) is 11.7 Å². The number of halogens is 1. The van der Waals surface area contributed by atoms with E-state index >= 15 is 0 Å². The van der Waals surface area contributed by atoms with E-state index in [-0.39, 0.29) is 5.82 Å². The second-order valence-electron chi connectivity index (χ2n) is 7.92. The van der Waals surface area contributed by atoms with E-state index in [2.05, 4.69) is 31.2 Å². The van der Waals surface area contributed by atoms with E-state index in [9.17, 15) is 4.39 Å². The lowest BCUT2D eigenvalue weighted by molar-refractivity contribution is 0.408. The van der Waals surface area contributed by atoms with E-state index < -0.39 is 0 Å². The Morgan fingerprint density at radius 1 is 1.00 bits per heavy atom. The molecule has 3 rings (SSSR count). The summed E-state index contributed by atoms with van der Waals surface area (Å²) in [5, 5.41) is 0. The lowest BCUT2D eigenvalue weighted by atomic mass is 9.83. The molecular formula is C24H33F. The maximum atomic E-state index is 14.5. The molecule has 0 bridgehead atoms. The third-order valence-electron chi connectivity index (χ3n) is 6.21. The Morgan fingerprint density at radius 2 is 1.68 bits per heavy atom. The van der Waals surface area contributed by atoms with Crippen LogP contribution in [0.1, 0.15) is 88.2 Å². The third-order valence-corrected chi connectivity index (χ3v) is 6.21. The van der Waals surface area contributed by atoms with Crippen molar-refractivity contribution >= 4 is 0 Å². The summed E-state index contributed by atoms with van der Waals surface area (Å²) in [5.41, 5.74) is 3.48. The standard InChI is InChI=1S/C24H33F/c1-2-19(20-10-5-3-6-11-20)14-9-15-22-16-17-23(18-24(22)25)21-12-7-4-8-13-21/h2,9,14,16-18,20-21H,3-8,10-13,15H2,1H3/b14-9-,19-2+. The van der Waals surface area contributed by atoms with Crippen LogP contribution in [0.3, 0.4) is 0 Å². The van der Waals surface area contributed by atoms with Crippen molar-refractivity contribution in [3.8, 4) is 0 Å². The summed E-state index contributed by atoms with van der Waals surface area (Å²) in [6, 6.07) is 5.98. The van der Waals surface area contributed by atoms with Crippen molar-refractivity contribution in [1.29, 1.82) is 0 Å². The van der Waals surface area contributed by atoms with Crippen molar-refractivity contribution in [3.63, 3.8) is 0 Å². The maximum Gasteiger partial charge on any atom is 0.126 e. The van der Waals surface area contributed by atoms with Gasteiger partial charge in [0.15, 0.2) is 0 Å². The SMILES string of the molecule is C/C=C(\C=C/Cc1ccc(C2CCCCC2)cc1F)C1CCCCC1. The van der Waals surface area contributed by atoms with Gasteiger partial charge in [-0.15, -0.1) is 0 Å². The van der Waals surface area contributed by atoms with Crippen LogP contribution in [0.15, 0.2) is 42.0 Å². The van der Waals surface area contributed by atoms with Crippen LogP contribution in [0.5, 0.6) is 0 Å². The minimum atomic E-state index is -0.0209. The van der Waals surface area contributed by atoms with Crippen LogP contribution in [-0.4, -0.2) is 0 Å². The number of allylic oxidation sites excluding steroid dienone is 4. The molecule has 1 heteroatoms. The van der Waals surface area contributed by atoms with Crippen LogP contribution in [0.4, 0.5) is 4.39 Å². The van der Waals surface area contributed by atoms with Crippen molar-refractivity contribution in [1.82, 2.24) is 0 Å². The molecule has 0 spiro atoms. The molecule has 0 nitrogen and oxygen atoms in total. The van der Waals surface area contributed by atoms with Gasteiger partial charge in [0.2, 0.25) is 0 Å². The van der Waals surface area contributed by atoms with Gasteiger partial charge in [0.1, 0.15) is 5.82 Å². The summed E-state index contributed by atoms with van der Waals surface area (Å²) in [6.45, 7) is 2.13. The molecule has 136 valence electrons. The maximum absolute atomic E-state index is 14.5. The Morgan fingerprint density at radius 3 is 2.32 bits per heavy atom. The van der Waals surface area contributed by atoms with E-state index in [1.807, 2.05) is 6.07 Å². The average Bonchev–Trinajstić information content (AvgIpc) is 2.67. The van der Waals surface area contributed by atoms with Crippen LogP contribution in [-0.2, 0) is 6.42 Å². The molecule has 0 radical (unpaired) electrons. The van der Waals surface area contributed by atoms with Crippen LogP contribution < -0.4 is 0 Å². The molecule has 1 aromatic rings. The Bertz CT molecular complexity index is 599. The predicted octanol–water partition coefficient (Wildman–Crippen LogP) is 7.50. The lowest BCUT2D eigenvalue weighted by Crippen LogP contribution is -2.08. The molecule has 0 saturated heterocycles. The van der Waals surface area contributed by atoms with Crippen molar-refractivity contribution in [2.45, 2.75) is 83.5 Å². The highest BCUT2D eigenvalue weighted by molar-refractivity contribution is 5.30. The zero-order chi connectivity index (χ0) is 17.5. The number of benzene rings is 1. The smallest absolute Gasteiger partial charge is 0.126 e. The fraction of sp³-hybridized carbons (Fsp3) is 0.583. The van der Waals surface area contributed by atoms with E-state index in [0.717, 1.165) is 5.56 Å². The molecule has 0 N–H and O–H groups in total. The molecule has 2 saturated carbocycles. The first-order valence-corrected chi connectivity index (χ1v) is 10.4. The number of hydrogen-bond donors (Lipinski definition) is 0. The molecule has 0 heterocycles. The molecule has 0 amide bonds. The van der Waals surface area contributed by atoms with Crippen LogP contribution in [0.2, 0.25) is 0 Å². The minimum absolute atomic E-state index is 0.0209. The molecule has 25 heavy (non-hydrogen) atoms. The molecule has 2 aliphatic rings. The zero-order valence-corrected chi connectivity index (χ0v) is 15.8. The van der Waals surface area contributed by atoms with Crippen LogP contribution in [0.25, 0.3) is 0 Å². The van der Waals surface area contributed by atoms with Gasteiger partial charge in [-0.25, -0.2) is 4.39 Å². The fourth-order valence-electron chi connectivity index (χ4n) is 4.64. The average molecular weight is 341 g/mol. The largest absolute Gasteiger partial charge is 0.207 e. The van der Waals surface area contributed by atoms with E-state index in [0.29, 0.717) is 18.3 Å². The number of hydrogen-bond acceptors (Lipinski definition) is 0. The van der Waals surface area contributed by atoms with Gasteiger partial charge < -0.3 is 0 Å². The highest BCUT2D eigenvalue weighted by Crippen LogP contribution is 2.33. The Kier molecular flexibility index (Phi) is 6.90. The monoisotopic (exact) mass is 340 g/mol. The molecule has 2 aliphatic carbocycles. The van der Waals surface area contributed by atoms with E-state index in [1.54, 1.807) is 6.07 Å². The summed E-state index contributed by atoms with van der Waals surface area (Å²) >= 11 is 0. The summed E-state index contributed by atoms with van der Waals surface area (Å²) in [6.07, 6.45) is 20.4. The van der Waals surface area contributed by atoms with Gasteiger partial charge >= 0.3 is 0 Å². The van der Waals surface area contributed by atoms with Gasteiger partial charge in [0.05, 0.1) is 0 Å². The molecular weight excluding hydrogens is 307 g/mol. The zero-order valence-electron chi connectivity index (χ0n) is 15.8. The topological polar surface area (TPSA) is 0 Å². The summed E-state index contributed by atoms with van der Waals surface area (Å²) in [5.74, 6) is 1.27. The first-order valence-electron chi connectivity index (χ1n) is 10.4. The molecule has 1 aromatic carbocycles. The Labute approximate surface area is 153 Å². The second kappa shape index (κ2) is 9.36. The van der Waals surface area contributed by atoms with Crippen molar-refractivity contribution < 1.29 is 4.39 Å². The van der Waals surface area contributed by atoms with Gasteiger partial charge in [0.25, 0.3) is 0 Å². The van der Waals surface area contributed by atoms with Gasteiger partial charge in [0, 0.05) is 0 Å². The van der Waals surface area contributed by atoms with E-state index in [4.69, 9.17) is 0 Å². The lowest BCUT2D eigenvalue weighted by Gasteiger charge is -2.23. The summed E-state index contributed by atoms with van der Waals surface area (Å²) in [4.78, 5) is 0. The van der Waals surface area contributed by atoms with Crippen LogP contribution >= 0.6 is 0 Å². The molecule has 0 atom stereocenters. The molecule has 2 fully saturated rings. The molecule has 0 unspecified atom stereocenters. The highest BCUT2D eigenvalue weighted by Gasteiger charge is 2.17. The van der Waals surface area contributed by atoms with Crippen molar-refractivity contribution in [2.75, 3.05) is 0 Å². The summed E-state index contributed by atoms with van der Waals surface area (Å²) < 4.78 is 14.5. The van der Waals surface area contributed by atoms with Crippen molar-refractivity contribution in [2.24, 2.45) is 5.92 Å². The predicted molar refractivity (Wildman–Crippen MR) is 105 cm³/mol. The highest BCUT2D eigenvalue weighted by atomic mass is 19.1. The third kappa shape index (κ3) is 5.06. The first kappa shape index (κ1) is 18.4. The number of rotatable bonds is 5. The Hall–Kier alpha value is -1.37. The second-order valence-corrected chi connectivity index (χ2v) is 7.92. The molecule has 0 aromatic heterocycles. The minimum Gasteiger partial charge on any atom is -0.207 e. The van der Waals surface area contributed by atoms with Gasteiger partial charge in [-0.2, -0.15) is 0 Å². The first-order chi connectivity index (χ1) is 12.3. The van der Waals surface area contributed by atoms with Crippen molar-refractivity contribution in [3.05, 3.63) is 58.9 Å². The quantitative estimate of drug-likeness (QED) is 0.487.